The van der Waals surface area contributed by atoms with Crippen LogP contribution in [0.25, 0.3) is 10.8 Å². The molecule has 6 heteroatoms. The maximum absolute atomic E-state index is 5.52. The summed E-state index contributed by atoms with van der Waals surface area (Å²) in [6.45, 7) is 0.711. The van der Waals surface area contributed by atoms with E-state index in [2.05, 4.69) is 20.5 Å². The van der Waals surface area contributed by atoms with Crippen molar-refractivity contribution < 1.29 is 4.42 Å². The first-order valence-electron chi connectivity index (χ1n) is 5.93. The van der Waals surface area contributed by atoms with E-state index in [1.54, 1.807) is 17.5 Å². The molecule has 0 atom stereocenters. The number of hydrogen-bond donors (Lipinski definition) is 1. The lowest BCUT2D eigenvalue weighted by Gasteiger charge is -2.00. The van der Waals surface area contributed by atoms with E-state index in [0.29, 0.717) is 18.5 Å². The van der Waals surface area contributed by atoms with Crippen LogP contribution in [0.15, 0.2) is 46.3 Å². The van der Waals surface area contributed by atoms with Crippen LogP contribution in [-0.2, 0) is 6.42 Å². The smallest absolute Gasteiger partial charge is 0.315 e. The Kier molecular flexibility index (Phi) is 3.51. The molecule has 1 N–H and O–H groups in total. The van der Waals surface area contributed by atoms with Crippen LogP contribution in [-0.4, -0.2) is 21.7 Å². The predicted molar refractivity (Wildman–Crippen MR) is 74.0 cm³/mol. The summed E-state index contributed by atoms with van der Waals surface area (Å²) in [5.74, 6) is 0.551. The average molecular weight is 272 g/mol. The minimum Gasteiger partial charge on any atom is -0.403 e. The molecular formula is C13H12N4OS. The molecule has 0 fully saturated rings. The summed E-state index contributed by atoms with van der Waals surface area (Å²) in [6.07, 6.45) is 2.61. The highest BCUT2D eigenvalue weighted by atomic mass is 32.1. The summed E-state index contributed by atoms with van der Waals surface area (Å²) >= 11 is 1.58. The van der Waals surface area contributed by atoms with E-state index < -0.39 is 0 Å². The number of anilines is 1. The summed E-state index contributed by atoms with van der Waals surface area (Å²) < 4.78 is 5.52. The number of pyridine rings is 1. The molecule has 0 aliphatic rings. The lowest BCUT2D eigenvalue weighted by molar-refractivity contribution is 0.582. The highest BCUT2D eigenvalue weighted by Crippen LogP contribution is 2.24. The van der Waals surface area contributed by atoms with Gasteiger partial charge in [0, 0.05) is 24.9 Å². The van der Waals surface area contributed by atoms with Gasteiger partial charge in [0.05, 0.1) is 4.88 Å². The SMILES string of the molecule is c1ccc(CCNc2nnc(-c3cccs3)o2)nc1. The van der Waals surface area contributed by atoms with Gasteiger partial charge in [-0.2, -0.15) is 0 Å². The lowest BCUT2D eigenvalue weighted by atomic mass is 10.3. The molecule has 3 rings (SSSR count). The van der Waals surface area contributed by atoms with Crippen LogP contribution in [0.4, 0.5) is 6.01 Å². The number of nitrogens with one attached hydrogen (secondary N) is 1. The highest BCUT2D eigenvalue weighted by Gasteiger charge is 2.08. The fraction of sp³-hybridized carbons (Fsp3) is 0.154. The van der Waals surface area contributed by atoms with Gasteiger partial charge < -0.3 is 9.73 Å². The Morgan fingerprint density at radius 3 is 2.95 bits per heavy atom. The summed E-state index contributed by atoms with van der Waals surface area (Å²) in [5.41, 5.74) is 1.04. The van der Waals surface area contributed by atoms with Crippen molar-refractivity contribution in [1.82, 2.24) is 15.2 Å². The van der Waals surface area contributed by atoms with E-state index >= 15 is 0 Å². The molecule has 3 aromatic rings. The molecule has 0 bridgehead atoms. The normalized spacial score (nSPS) is 10.5. The molecule has 0 aliphatic carbocycles. The van der Waals surface area contributed by atoms with Crippen molar-refractivity contribution in [2.45, 2.75) is 6.42 Å². The zero-order chi connectivity index (χ0) is 12.9. The second-order valence-corrected chi connectivity index (χ2v) is 4.84. The first-order valence-corrected chi connectivity index (χ1v) is 6.81. The molecule has 0 aromatic carbocycles. The maximum Gasteiger partial charge on any atom is 0.315 e. The second kappa shape index (κ2) is 5.62. The molecule has 0 aliphatic heterocycles. The van der Waals surface area contributed by atoms with Crippen LogP contribution in [0.1, 0.15) is 5.69 Å². The van der Waals surface area contributed by atoms with Gasteiger partial charge in [-0.15, -0.1) is 16.4 Å². The Balaban J connectivity index is 1.56. The minimum absolute atomic E-state index is 0.444. The number of thiophene rings is 1. The summed E-state index contributed by atoms with van der Waals surface area (Å²) in [7, 11) is 0. The van der Waals surface area contributed by atoms with Crippen LogP contribution in [0.5, 0.6) is 0 Å². The quantitative estimate of drug-likeness (QED) is 0.773. The molecular weight excluding hydrogens is 260 g/mol. The Morgan fingerprint density at radius 1 is 1.16 bits per heavy atom. The van der Waals surface area contributed by atoms with Gasteiger partial charge in [0.15, 0.2) is 0 Å². The van der Waals surface area contributed by atoms with E-state index in [1.165, 1.54) is 0 Å². The maximum atomic E-state index is 5.52. The molecule has 0 radical (unpaired) electrons. The fourth-order valence-electron chi connectivity index (χ4n) is 1.64. The molecule has 3 aromatic heterocycles. The predicted octanol–water partition coefficient (Wildman–Crippen LogP) is 2.85. The highest BCUT2D eigenvalue weighted by molar-refractivity contribution is 7.13. The minimum atomic E-state index is 0.444. The van der Waals surface area contributed by atoms with E-state index in [9.17, 15) is 0 Å². The van der Waals surface area contributed by atoms with Crippen LogP contribution in [0, 0.1) is 0 Å². The molecule has 0 saturated heterocycles. The fourth-order valence-corrected chi connectivity index (χ4v) is 2.28. The number of rotatable bonds is 5. The molecule has 0 saturated carbocycles. The third-order valence-electron chi connectivity index (χ3n) is 2.54. The van der Waals surface area contributed by atoms with Crippen LogP contribution in [0.2, 0.25) is 0 Å². The average Bonchev–Trinajstić information content (AvgIpc) is 3.10. The van der Waals surface area contributed by atoms with Crippen LogP contribution in [0.3, 0.4) is 0 Å². The molecule has 5 nitrogen and oxygen atoms in total. The van der Waals surface area contributed by atoms with Gasteiger partial charge in [-0.25, -0.2) is 0 Å². The van der Waals surface area contributed by atoms with Crippen molar-refractivity contribution in [2.75, 3.05) is 11.9 Å². The monoisotopic (exact) mass is 272 g/mol. The van der Waals surface area contributed by atoms with Crippen LogP contribution < -0.4 is 5.32 Å². The van der Waals surface area contributed by atoms with Gasteiger partial charge in [0.2, 0.25) is 0 Å². The molecule has 0 unspecified atom stereocenters. The van der Waals surface area contributed by atoms with Gasteiger partial charge in [-0.1, -0.05) is 17.2 Å². The zero-order valence-corrected chi connectivity index (χ0v) is 10.9. The topological polar surface area (TPSA) is 63.8 Å². The summed E-state index contributed by atoms with van der Waals surface area (Å²) in [4.78, 5) is 5.23. The molecule has 0 spiro atoms. The van der Waals surface area contributed by atoms with Crippen molar-refractivity contribution in [3.63, 3.8) is 0 Å². The standard InChI is InChI=1S/C13H12N4OS/c1-2-7-14-10(4-1)6-8-15-13-17-16-12(18-13)11-5-3-9-19-11/h1-5,7,9H,6,8H2,(H,15,17). The van der Waals surface area contributed by atoms with Gasteiger partial charge in [0.25, 0.3) is 5.89 Å². The van der Waals surface area contributed by atoms with Crippen molar-refractivity contribution >= 4 is 17.4 Å². The first-order chi connectivity index (χ1) is 9.42. The second-order valence-electron chi connectivity index (χ2n) is 3.89. The van der Waals surface area contributed by atoms with E-state index in [-0.39, 0.29) is 0 Å². The number of nitrogens with zero attached hydrogens (tertiary/aromatic N) is 3. The first kappa shape index (κ1) is 11.9. The largest absolute Gasteiger partial charge is 0.403 e. The van der Waals surface area contributed by atoms with Gasteiger partial charge in [0.1, 0.15) is 0 Å². The van der Waals surface area contributed by atoms with Crippen molar-refractivity contribution in [3.8, 4) is 10.8 Å². The van der Waals surface area contributed by atoms with Crippen LogP contribution >= 0.6 is 11.3 Å². The molecule has 0 amide bonds. The van der Waals surface area contributed by atoms with E-state index in [0.717, 1.165) is 17.0 Å². The third-order valence-corrected chi connectivity index (χ3v) is 3.40. The van der Waals surface area contributed by atoms with Gasteiger partial charge >= 0.3 is 6.01 Å². The molecule has 19 heavy (non-hydrogen) atoms. The van der Waals surface area contributed by atoms with Gasteiger partial charge in [-0.3, -0.25) is 4.98 Å². The third kappa shape index (κ3) is 2.97. The molecule has 3 heterocycles. The lowest BCUT2D eigenvalue weighted by Crippen LogP contribution is -2.05. The Hall–Kier alpha value is -2.21. The van der Waals surface area contributed by atoms with E-state index in [4.69, 9.17) is 4.42 Å². The number of aromatic nitrogens is 3. The molecule has 96 valence electrons. The van der Waals surface area contributed by atoms with Crippen molar-refractivity contribution in [1.29, 1.82) is 0 Å². The van der Waals surface area contributed by atoms with Gasteiger partial charge in [-0.05, 0) is 23.6 Å². The number of hydrogen-bond acceptors (Lipinski definition) is 6. The Morgan fingerprint density at radius 2 is 2.16 bits per heavy atom. The zero-order valence-electron chi connectivity index (χ0n) is 10.1. The summed E-state index contributed by atoms with van der Waals surface area (Å²) in [6, 6.07) is 10.2. The van der Waals surface area contributed by atoms with E-state index in [1.807, 2.05) is 35.7 Å². The Labute approximate surface area is 114 Å². The Bertz CT molecular complexity index is 621. The summed E-state index contributed by atoms with van der Waals surface area (Å²) in [5, 5.41) is 13.0. The van der Waals surface area contributed by atoms with Crippen molar-refractivity contribution in [2.24, 2.45) is 0 Å². The van der Waals surface area contributed by atoms with Crippen molar-refractivity contribution in [3.05, 3.63) is 47.6 Å².